The van der Waals surface area contributed by atoms with E-state index in [4.69, 9.17) is 0 Å². The summed E-state index contributed by atoms with van der Waals surface area (Å²) in [7, 11) is 2.22. The standard InChI is InChI=1S/C12H14F2O5/c1-4-19-12(16)10(15)6-5-7(17-2)9(14)11(18-3)8(6)13/h5,10,15H,4H2,1-3H3. The normalized spacial score (nSPS) is 11.9. The van der Waals surface area contributed by atoms with E-state index in [1.807, 2.05) is 0 Å². The number of aliphatic hydroxyl groups is 1. The number of rotatable bonds is 5. The van der Waals surface area contributed by atoms with Crippen molar-refractivity contribution in [2.24, 2.45) is 0 Å². The summed E-state index contributed by atoms with van der Waals surface area (Å²) >= 11 is 0. The molecular weight excluding hydrogens is 262 g/mol. The van der Waals surface area contributed by atoms with Gasteiger partial charge < -0.3 is 19.3 Å². The molecular formula is C12H14F2O5. The number of aliphatic hydroxyl groups excluding tert-OH is 1. The monoisotopic (exact) mass is 276 g/mol. The maximum Gasteiger partial charge on any atom is 0.339 e. The smallest absolute Gasteiger partial charge is 0.339 e. The van der Waals surface area contributed by atoms with Gasteiger partial charge >= 0.3 is 5.97 Å². The van der Waals surface area contributed by atoms with E-state index in [1.54, 1.807) is 0 Å². The van der Waals surface area contributed by atoms with Crippen molar-refractivity contribution < 1.29 is 32.9 Å². The van der Waals surface area contributed by atoms with Crippen LogP contribution in [0.1, 0.15) is 18.6 Å². The van der Waals surface area contributed by atoms with E-state index < -0.39 is 35.0 Å². The van der Waals surface area contributed by atoms with Gasteiger partial charge in [0, 0.05) is 5.56 Å². The van der Waals surface area contributed by atoms with Gasteiger partial charge in [0.05, 0.1) is 20.8 Å². The molecule has 0 radical (unpaired) electrons. The van der Waals surface area contributed by atoms with E-state index in [0.29, 0.717) is 0 Å². The summed E-state index contributed by atoms with van der Waals surface area (Å²) < 4.78 is 41.4. The highest BCUT2D eigenvalue weighted by Crippen LogP contribution is 2.35. The molecule has 0 aliphatic heterocycles. The minimum absolute atomic E-state index is 0.0208. The van der Waals surface area contributed by atoms with E-state index in [0.717, 1.165) is 20.3 Å². The molecule has 1 aromatic carbocycles. The van der Waals surface area contributed by atoms with Crippen LogP contribution in [0.2, 0.25) is 0 Å². The quantitative estimate of drug-likeness (QED) is 0.827. The lowest BCUT2D eigenvalue weighted by Gasteiger charge is -2.15. The number of esters is 1. The summed E-state index contributed by atoms with van der Waals surface area (Å²) in [5, 5.41) is 9.68. The number of halogens is 2. The Balaban J connectivity index is 3.31. The van der Waals surface area contributed by atoms with Gasteiger partial charge in [-0.15, -0.1) is 0 Å². The molecule has 7 heteroatoms. The maximum absolute atomic E-state index is 13.9. The molecule has 1 atom stereocenters. The molecule has 1 N–H and O–H groups in total. The molecule has 0 aliphatic carbocycles. The van der Waals surface area contributed by atoms with Crippen LogP contribution in [0.5, 0.6) is 11.5 Å². The summed E-state index contributed by atoms with van der Waals surface area (Å²) in [6.07, 6.45) is -1.89. The number of carbonyl (C=O) groups is 1. The number of methoxy groups -OCH3 is 2. The highest BCUT2D eigenvalue weighted by atomic mass is 19.1. The summed E-state index contributed by atoms with van der Waals surface area (Å²) in [6, 6.07) is 0.884. The molecule has 1 aromatic rings. The Morgan fingerprint density at radius 2 is 1.95 bits per heavy atom. The average Bonchev–Trinajstić information content (AvgIpc) is 2.39. The molecule has 19 heavy (non-hydrogen) atoms. The summed E-state index contributed by atoms with van der Waals surface area (Å²) in [5.74, 6) is -4.37. The Bertz CT molecular complexity index is 476. The molecule has 0 saturated carbocycles. The zero-order valence-electron chi connectivity index (χ0n) is 10.7. The van der Waals surface area contributed by atoms with Gasteiger partial charge in [-0.2, -0.15) is 4.39 Å². The number of ether oxygens (including phenoxy) is 3. The van der Waals surface area contributed by atoms with Gasteiger partial charge in [0.25, 0.3) is 0 Å². The van der Waals surface area contributed by atoms with Gasteiger partial charge in [-0.05, 0) is 13.0 Å². The van der Waals surface area contributed by atoms with Crippen molar-refractivity contribution in [3.8, 4) is 11.5 Å². The minimum atomic E-state index is -1.89. The number of hydrogen-bond donors (Lipinski definition) is 1. The lowest BCUT2D eigenvalue weighted by molar-refractivity contribution is -0.153. The predicted octanol–water partition coefficient (Wildman–Crippen LogP) is 1.58. The second kappa shape index (κ2) is 6.33. The first-order valence-corrected chi connectivity index (χ1v) is 5.42. The van der Waals surface area contributed by atoms with Gasteiger partial charge in [-0.1, -0.05) is 0 Å². The summed E-state index contributed by atoms with van der Waals surface area (Å²) in [6.45, 7) is 1.56. The Hall–Kier alpha value is -1.89. The molecule has 0 aliphatic rings. The molecule has 0 amide bonds. The molecule has 0 saturated heterocycles. The molecule has 0 aromatic heterocycles. The van der Waals surface area contributed by atoms with Crippen molar-refractivity contribution >= 4 is 5.97 Å². The van der Waals surface area contributed by atoms with Crippen molar-refractivity contribution in [3.05, 3.63) is 23.3 Å². The Labute approximate surface area is 108 Å². The molecule has 0 heterocycles. The first-order chi connectivity index (χ1) is 8.97. The van der Waals surface area contributed by atoms with Crippen LogP contribution < -0.4 is 9.47 Å². The summed E-state index contributed by atoms with van der Waals surface area (Å²) in [5.41, 5.74) is -0.478. The SMILES string of the molecule is CCOC(=O)C(O)c1cc(OC)c(F)c(OC)c1F. The molecule has 5 nitrogen and oxygen atoms in total. The van der Waals surface area contributed by atoms with E-state index in [2.05, 4.69) is 14.2 Å². The average molecular weight is 276 g/mol. The van der Waals surface area contributed by atoms with Crippen LogP contribution in [0.15, 0.2) is 6.07 Å². The Kier molecular flexibility index (Phi) is 5.05. The fraction of sp³-hybridized carbons (Fsp3) is 0.417. The highest BCUT2D eigenvalue weighted by Gasteiger charge is 2.28. The van der Waals surface area contributed by atoms with Crippen LogP contribution >= 0.6 is 0 Å². The van der Waals surface area contributed by atoms with E-state index in [1.165, 1.54) is 6.92 Å². The van der Waals surface area contributed by atoms with Crippen LogP contribution in [-0.4, -0.2) is 31.9 Å². The van der Waals surface area contributed by atoms with Gasteiger partial charge in [0.1, 0.15) is 0 Å². The van der Waals surface area contributed by atoms with Crippen LogP contribution in [0.3, 0.4) is 0 Å². The number of carbonyl (C=O) groups excluding carboxylic acids is 1. The zero-order chi connectivity index (χ0) is 14.6. The molecule has 0 bridgehead atoms. The molecule has 106 valence electrons. The lowest BCUT2D eigenvalue weighted by atomic mass is 10.1. The van der Waals surface area contributed by atoms with Gasteiger partial charge in [0.15, 0.2) is 23.4 Å². The van der Waals surface area contributed by atoms with Gasteiger partial charge in [-0.3, -0.25) is 0 Å². The third kappa shape index (κ3) is 2.93. The Morgan fingerprint density at radius 1 is 1.32 bits per heavy atom. The second-order valence-electron chi connectivity index (χ2n) is 3.48. The molecule has 0 fully saturated rings. The van der Waals surface area contributed by atoms with Crippen molar-refractivity contribution in [2.45, 2.75) is 13.0 Å². The number of hydrogen-bond acceptors (Lipinski definition) is 5. The van der Waals surface area contributed by atoms with Crippen LogP contribution in [-0.2, 0) is 9.53 Å². The zero-order valence-corrected chi connectivity index (χ0v) is 10.7. The topological polar surface area (TPSA) is 65.0 Å². The first-order valence-electron chi connectivity index (χ1n) is 5.42. The fourth-order valence-electron chi connectivity index (χ4n) is 1.48. The van der Waals surface area contributed by atoms with E-state index in [9.17, 15) is 18.7 Å². The first kappa shape index (κ1) is 15.2. The van der Waals surface area contributed by atoms with Crippen LogP contribution in [0, 0.1) is 11.6 Å². The van der Waals surface area contributed by atoms with Gasteiger partial charge in [0.2, 0.25) is 5.82 Å². The van der Waals surface area contributed by atoms with E-state index in [-0.39, 0.29) is 12.4 Å². The molecule has 1 unspecified atom stereocenters. The highest BCUT2D eigenvalue weighted by molar-refractivity contribution is 5.76. The van der Waals surface area contributed by atoms with Crippen molar-refractivity contribution in [1.82, 2.24) is 0 Å². The second-order valence-corrected chi connectivity index (χ2v) is 3.48. The predicted molar refractivity (Wildman–Crippen MR) is 61.1 cm³/mol. The van der Waals surface area contributed by atoms with Crippen molar-refractivity contribution in [2.75, 3.05) is 20.8 Å². The van der Waals surface area contributed by atoms with Gasteiger partial charge in [-0.25, -0.2) is 9.18 Å². The van der Waals surface area contributed by atoms with Crippen molar-refractivity contribution in [1.29, 1.82) is 0 Å². The molecule has 0 spiro atoms. The Morgan fingerprint density at radius 3 is 2.42 bits per heavy atom. The third-order valence-electron chi connectivity index (χ3n) is 2.38. The van der Waals surface area contributed by atoms with E-state index >= 15 is 0 Å². The van der Waals surface area contributed by atoms with Crippen LogP contribution in [0.4, 0.5) is 8.78 Å². The minimum Gasteiger partial charge on any atom is -0.494 e. The third-order valence-corrected chi connectivity index (χ3v) is 2.38. The van der Waals surface area contributed by atoms with Crippen LogP contribution in [0.25, 0.3) is 0 Å². The largest absolute Gasteiger partial charge is 0.494 e. The molecule has 1 rings (SSSR count). The summed E-state index contributed by atoms with van der Waals surface area (Å²) in [4.78, 5) is 11.4. The lowest BCUT2D eigenvalue weighted by Crippen LogP contribution is -2.17. The maximum atomic E-state index is 13.9. The van der Waals surface area contributed by atoms with Crippen molar-refractivity contribution in [3.63, 3.8) is 0 Å². The fourth-order valence-corrected chi connectivity index (χ4v) is 1.48. The number of benzene rings is 1.